The molecule has 2 aromatic rings. The first kappa shape index (κ1) is 20.3. The van der Waals surface area contributed by atoms with Gasteiger partial charge in [-0.2, -0.15) is 0 Å². The molecule has 158 valence electrons. The Balaban J connectivity index is 1.61. The van der Waals surface area contributed by atoms with Crippen molar-refractivity contribution in [3.05, 3.63) is 59.7 Å². The Bertz CT molecular complexity index is 926. The minimum Gasteiger partial charge on any atom is -0.497 e. The van der Waals surface area contributed by atoms with E-state index in [1.165, 1.54) is 0 Å². The standard InChI is InChI=1S/C24H28N2O4/c1-15-22(25-24(28)30-14-17-7-5-4-6-8-17)20-13-19(29-3)11-12-21(20)26(16(2)27)23(15)18-9-10-18/h4-8,11-13,15,18,22-23H,9-10,14H2,1-3H3,(H,25,28)/t15-,22-,23-/m1/s1. The van der Waals surface area contributed by atoms with Crippen molar-refractivity contribution in [1.29, 1.82) is 0 Å². The molecule has 0 bridgehead atoms. The van der Waals surface area contributed by atoms with Crippen LogP contribution in [0.15, 0.2) is 48.5 Å². The maximum atomic E-state index is 12.7. The molecule has 30 heavy (non-hydrogen) atoms. The summed E-state index contributed by atoms with van der Waals surface area (Å²) < 4.78 is 10.9. The summed E-state index contributed by atoms with van der Waals surface area (Å²) in [5.74, 6) is 1.23. The second-order valence-electron chi connectivity index (χ2n) is 8.18. The Morgan fingerprint density at radius 1 is 1.13 bits per heavy atom. The van der Waals surface area contributed by atoms with Crippen molar-refractivity contribution in [1.82, 2.24) is 5.32 Å². The van der Waals surface area contributed by atoms with E-state index in [9.17, 15) is 9.59 Å². The van der Waals surface area contributed by atoms with Crippen molar-refractivity contribution >= 4 is 17.7 Å². The molecule has 0 saturated heterocycles. The Labute approximate surface area is 177 Å². The molecule has 2 amide bonds. The Morgan fingerprint density at radius 2 is 1.87 bits per heavy atom. The Kier molecular flexibility index (Phi) is 5.66. The number of carbonyl (C=O) groups excluding carboxylic acids is 2. The highest BCUT2D eigenvalue weighted by Gasteiger charge is 2.48. The number of fused-ring (bicyclic) bond motifs is 1. The lowest BCUT2D eigenvalue weighted by Crippen LogP contribution is -2.53. The van der Waals surface area contributed by atoms with E-state index in [1.54, 1.807) is 14.0 Å². The number of hydrogen-bond acceptors (Lipinski definition) is 4. The number of benzene rings is 2. The highest BCUT2D eigenvalue weighted by molar-refractivity contribution is 5.94. The van der Waals surface area contributed by atoms with E-state index >= 15 is 0 Å². The smallest absolute Gasteiger partial charge is 0.407 e. The van der Waals surface area contributed by atoms with Gasteiger partial charge < -0.3 is 19.7 Å². The number of nitrogens with zero attached hydrogens (tertiary/aromatic N) is 1. The van der Waals surface area contributed by atoms with Crippen LogP contribution in [-0.4, -0.2) is 25.2 Å². The lowest BCUT2D eigenvalue weighted by Gasteiger charge is -2.45. The van der Waals surface area contributed by atoms with Crippen molar-refractivity contribution < 1.29 is 19.1 Å². The first-order chi connectivity index (χ1) is 14.5. The van der Waals surface area contributed by atoms with E-state index in [0.717, 1.165) is 29.7 Å². The number of alkyl carbamates (subject to hydrolysis) is 1. The van der Waals surface area contributed by atoms with E-state index in [0.29, 0.717) is 11.7 Å². The van der Waals surface area contributed by atoms with Crippen LogP contribution < -0.4 is 15.0 Å². The molecule has 1 aliphatic carbocycles. The molecule has 3 atom stereocenters. The molecule has 1 N–H and O–H groups in total. The van der Waals surface area contributed by atoms with Crippen molar-refractivity contribution in [3.63, 3.8) is 0 Å². The predicted molar refractivity (Wildman–Crippen MR) is 114 cm³/mol. The number of rotatable bonds is 5. The third-order valence-corrected chi connectivity index (χ3v) is 6.12. The largest absolute Gasteiger partial charge is 0.497 e. The number of ether oxygens (including phenoxy) is 2. The van der Waals surface area contributed by atoms with Crippen LogP contribution in [0.1, 0.15) is 43.9 Å². The third kappa shape index (κ3) is 3.99. The maximum Gasteiger partial charge on any atom is 0.407 e. The van der Waals surface area contributed by atoms with Gasteiger partial charge in [0.1, 0.15) is 12.4 Å². The normalized spacial score (nSPS) is 22.8. The number of nitrogens with one attached hydrogen (secondary N) is 1. The average molecular weight is 408 g/mol. The summed E-state index contributed by atoms with van der Waals surface area (Å²) in [5.41, 5.74) is 2.65. The van der Waals surface area contributed by atoms with Crippen LogP contribution in [-0.2, 0) is 16.1 Å². The predicted octanol–water partition coefficient (Wildman–Crippen LogP) is 4.44. The molecule has 6 nitrogen and oxygen atoms in total. The van der Waals surface area contributed by atoms with Crippen molar-refractivity contribution in [2.24, 2.45) is 11.8 Å². The van der Waals surface area contributed by atoms with Crippen LogP contribution in [0, 0.1) is 11.8 Å². The summed E-state index contributed by atoms with van der Waals surface area (Å²) in [6.07, 6.45) is 1.75. The van der Waals surface area contributed by atoms with Crippen LogP contribution in [0.4, 0.5) is 10.5 Å². The zero-order valence-electron chi connectivity index (χ0n) is 17.6. The van der Waals surface area contributed by atoms with E-state index in [2.05, 4.69) is 12.2 Å². The number of amides is 2. The molecular formula is C24H28N2O4. The fourth-order valence-electron chi connectivity index (χ4n) is 4.56. The zero-order valence-corrected chi connectivity index (χ0v) is 17.6. The molecule has 1 aliphatic heterocycles. The molecule has 0 radical (unpaired) electrons. The fraction of sp³-hybridized carbons (Fsp3) is 0.417. The number of carbonyl (C=O) groups is 2. The van der Waals surface area contributed by atoms with Crippen LogP contribution >= 0.6 is 0 Å². The van der Waals surface area contributed by atoms with Crippen LogP contribution in [0.2, 0.25) is 0 Å². The van der Waals surface area contributed by atoms with Gasteiger partial charge in [-0.05, 0) is 42.5 Å². The maximum absolute atomic E-state index is 12.7. The van der Waals surface area contributed by atoms with E-state index < -0.39 is 6.09 Å². The molecule has 1 saturated carbocycles. The zero-order chi connectivity index (χ0) is 21.3. The van der Waals surface area contributed by atoms with E-state index in [-0.39, 0.29) is 30.5 Å². The monoisotopic (exact) mass is 408 g/mol. The van der Waals surface area contributed by atoms with Gasteiger partial charge in [-0.1, -0.05) is 37.3 Å². The number of hydrogen-bond donors (Lipinski definition) is 1. The molecule has 0 aromatic heterocycles. The molecule has 2 aliphatic rings. The van der Waals surface area contributed by atoms with Gasteiger partial charge >= 0.3 is 6.09 Å². The van der Waals surface area contributed by atoms with Gasteiger partial charge in [0.05, 0.1) is 13.2 Å². The lowest BCUT2D eigenvalue weighted by atomic mass is 9.80. The quantitative estimate of drug-likeness (QED) is 0.794. The molecule has 4 rings (SSSR count). The van der Waals surface area contributed by atoms with E-state index in [1.807, 2.05) is 53.4 Å². The summed E-state index contributed by atoms with van der Waals surface area (Å²) in [7, 11) is 1.61. The summed E-state index contributed by atoms with van der Waals surface area (Å²) in [5, 5.41) is 3.06. The molecule has 0 unspecified atom stereocenters. The van der Waals surface area contributed by atoms with Gasteiger partial charge in [0, 0.05) is 30.1 Å². The highest BCUT2D eigenvalue weighted by Crippen LogP contribution is 2.49. The van der Waals surface area contributed by atoms with Gasteiger partial charge in [0.15, 0.2) is 0 Å². The van der Waals surface area contributed by atoms with Crippen molar-refractivity contribution in [2.45, 2.75) is 45.4 Å². The lowest BCUT2D eigenvalue weighted by molar-refractivity contribution is -0.117. The van der Waals surface area contributed by atoms with Gasteiger partial charge in [0.2, 0.25) is 5.91 Å². The van der Waals surface area contributed by atoms with Gasteiger partial charge in [0.25, 0.3) is 0 Å². The second kappa shape index (κ2) is 8.38. The fourth-order valence-corrected chi connectivity index (χ4v) is 4.56. The third-order valence-electron chi connectivity index (χ3n) is 6.12. The minimum absolute atomic E-state index is 0.0234. The minimum atomic E-state index is -0.463. The Morgan fingerprint density at radius 3 is 2.50 bits per heavy atom. The summed E-state index contributed by atoms with van der Waals surface area (Å²) >= 11 is 0. The molecule has 1 heterocycles. The average Bonchev–Trinajstić information content (AvgIpc) is 3.59. The van der Waals surface area contributed by atoms with Crippen LogP contribution in [0.5, 0.6) is 5.75 Å². The van der Waals surface area contributed by atoms with Gasteiger partial charge in [-0.15, -0.1) is 0 Å². The van der Waals surface area contributed by atoms with Gasteiger partial charge in [-0.25, -0.2) is 4.79 Å². The first-order valence-electron chi connectivity index (χ1n) is 10.4. The molecule has 1 fully saturated rings. The van der Waals surface area contributed by atoms with Crippen LogP contribution in [0.3, 0.4) is 0 Å². The second-order valence-corrected chi connectivity index (χ2v) is 8.18. The summed E-state index contributed by atoms with van der Waals surface area (Å²) in [6, 6.07) is 15.1. The number of methoxy groups -OCH3 is 1. The number of anilines is 1. The summed E-state index contributed by atoms with van der Waals surface area (Å²) in [4.78, 5) is 27.1. The van der Waals surface area contributed by atoms with E-state index in [4.69, 9.17) is 9.47 Å². The first-order valence-corrected chi connectivity index (χ1v) is 10.4. The topological polar surface area (TPSA) is 67.9 Å². The molecule has 2 aromatic carbocycles. The summed E-state index contributed by atoms with van der Waals surface area (Å²) in [6.45, 7) is 3.92. The van der Waals surface area contributed by atoms with Crippen molar-refractivity contribution in [3.8, 4) is 5.75 Å². The van der Waals surface area contributed by atoms with Crippen molar-refractivity contribution in [2.75, 3.05) is 12.0 Å². The SMILES string of the molecule is COc1ccc2c(c1)[C@H](NC(=O)OCc1ccccc1)[C@@H](C)[C@H](C1CC1)N2C(C)=O. The van der Waals surface area contributed by atoms with Gasteiger partial charge in [-0.3, -0.25) is 4.79 Å². The Hall–Kier alpha value is -3.02. The molecule has 0 spiro atoms. The molecule has 6 heteroatoms. The van der Waals surface area contributed by atoms with Crippen LogP contribution in [0.25, 0.3) is 0 Å². The highest BCUT2D eigenvalue weighted by atomic mass is 16.5. The molecular weight excluding hydrogens is 380 g/mol.